The van der Waals surface area contributed by atoms with Crippen LogP contribution >= 0.6 is 0 Å². The standard InChI is InChI=1S/C12H22N2O4/c1-8(10(15)16)7-13-11(17)14-9-4-5-18-12(2,3)6-9/h8-9H,4-7H2,1-3H3,(H,15,16)(H2,13,14,17). The van der Waals surface area contributed by atoms with Gasteiger partial charge >= 0.3 is 12.0 Å². The summed E-state index contributed by atoms with van der Waals surface area (Å²) in [7, 11) is 0. The van der Waals surface area contributed by atoms with E-state index in [1.54, 1.807) is 6.92 Å². The van der Waals surface area contributed by atoms with E-state index in [0.29, 0.717) is 6.61 Å². The lowest BCUT2D eigenvalue weighted by Gasteiger charge is -2.35. The lowest BCUT2D eigenvalue weighted by Crippen LogP contribution is -2.49. The third-order valence-corrected chi connectivity index (χ3v) is 3.02. The molecule has 1 aliphatic rings. The normalized spacial score (nSPS) is 24.1. The molecule has 1 saturated heterocycles. The molecule has 0 bridgehead atoms. The summed E-state index contributed by atoms with van der Waals surface area (Å²) in [5.74, 6) is -1.50. The summed E-state index contributed by atoms with van der Waals surface area (Å²) < 4.78 is 5.56. The smallest absolute Gasteiger partial charge is 0.315 e. The van der Waals surface area contributed by atoms with Crippen LogP contribution in [0.5, 0.6) is 0 Å². The molecule has 1 rings (SSSR count). The highest BCUT2D eigenvalue weighted by Gasteiger charge is 2.29. The number of carboxylic acids is 1. The van der Waals surface area contributed by atoms with E-state index < -0.39 is 11.9 Å². The largest absolute Gasteiger partial charge is 0.481 e. The summed E-state index contributed by atoms with van der Waals surface area (Å²) in [6, 6.07) is -0.236. The molecule has 104 valence electrons. The first kappa shape index (κ1) is 14.8. The monoisotopic (exact) mass is 258 g/mol. The van der Waals surface area contributed by atoms with Crippen LogP contribution in [0.2, 0.25) is 0 Å². The van der Waals surface area contributed by atoms with E-state index in [1.807, 2.05) is 13.8 Å². The highest BCUT2D eigenvalue weighted by molar-refractivity contribution is 5.75. The van der Waals surface area contributed by atoms with Crippen LogP contribution in [0.25, 0.3) is 0 Å². The molecule has 0 aliphatic carbocycles. The minimum atomic E-state index is -0.914. The van der Waals surface area contributed by atoms with Crippen molar-refractivity contribution in [3.05, 3.63) is 0 Å². The Morgan fingerprint density at radius 2 is 2.17 bits per heavy atom. The van der Waals surface area contributed by atoms with Crippen molar-refractivity contribution < 1.29 is 19.4 Å². The molecule has 0 spiro atoms. The molecule has 0 aromatic rings. The molecule has 2 amide bonds. The Kier molecular flexibility index (Phi) is 4.95. The maximum absolute atomic E-state index is 11.6. The number of aliphatic carboxylic acids is 1. The van der Waals surface area contributed by atoms with Crippen LogP contribution in [0.3, 0.4) is 0 Å². The van der Waals surface area contributed by atoms with Crippen molar-refractivity contribution >= 4 is 12.0 Å². The van der Waals surface area contributed by atoms with E-state index >= 15 is 0 Å². The Morgan fingerprint density at radius 3 is 2.72 bits per heavy atom. The zero-order valence-corrected chi connectivity index (χ0v) is 11.2. The Hall–Kier alpha value is -1.30. The number of ether oxygens (including phenoxy) is 1. The minimum absolute atomic E-state index is 0.0777. The van der Waals surface area contributed by atoms with E-state index in [2.05, 4.69) is 10.6 Å². The van der Waals surface area contributed by atoms with Crippen LogP contribution in [0, 0.1) is 5.92 Å². The SMILES string of the molecule is CC(CNC(=O)NC1CCOC(C)(C)C1)C(=O)O. The quantitative estimate of drug-likeness (QED) is 0.701. The van der Waals surface area contributed by atoms with Gasteiger partial charge in [-0.15, -0.1) is 0 Å². The fraction of sp³-hybridized carbons (Fsp3) is 0.833. The molecule has 3 N–H and O–H groups in total. The summed E-state index contributed by atoms with van der Waals surface area (Å²) in [5.41, 5.74) is -0.218. The number of carbonyl (C=O) groups is 2. The van der Waals surface area contributed by atoms with Crippen LogP contribution in [-0.4, -0.2) is 41.9 Å². The van der Waals surface area contributed by atoms with Gasteiger partial charge in [-0.2, -0.15) is 0 Å². The van der Waals surface area contributed by atoms with E-state index in [-0.39, 0.29) is 24.2 Å². The van der Waals surface area contributed by atoms with Crippen molar-refractivity contribution in [2.75, 3.05) is 13.2 Å². The number of hydrogen-bond donors (Lipinski definition) is 3. The number of hydrogen-bond acceptors (Lipinski definition) is 3. The molecule has 0 saturated carbocycles. The number of urea groups is 1. The van der Waals surface area contributed by atoms with Gasteiger partial charge in [0.15, 0.2) is 0 Å². The predicted octanol–water partition coefficient (Wildman–Crippen LogP) is 0.964. The van der Waals surface area contributed by atoms with E-state index in [1.165, 1.54) is 0 Å². The molecule has 6 nitrogen and oxygen atoms in total. The molecule has 2 atom stereocenters. The molecule has 1 aliphatic heterocycles. The Labute approximate surface area is 107 Å². The van der Waals surface area contributed by atoms with Crippen molar-refractivity contribution in [1.82, 2.24) is 10.6 Å². The average Bonchev–Trinajstić information content (AvgIpc) is 2.24. The lowest BCUT2D eigenvalue weighted by atomic mass is 9.94. The van der Waals surface area contributed by atoms with Crippen molar-refractivity contribution in [3.8, 4) is 0 Å². The highest BCUT2D eigenvalue weighted by atomic mass is 16.5. The number of rotatable bonds is 4. The third kappa shape index (κ3) is 4.91. The predicted molar refractivity (Wildman–Crippen MR) is 66.4 cm³/mol. The molecule has 6 heteroatoms. The molecule has 1 fully saturated rings. The average molecular weight is 258 g/mol. The second-order valence-electron chi connectivity index (χ2n) is 5.39. The van der Waals surface area contributed by atoms with E-state index in [9.17, 15) is 9.59 Å². The molecule has 18 heavy (non-hydrogen) atoms. The van der Waals surface area contributed by atoms with Gasteiger partial charge in [0.2, 0.25) is 0 Å². The second kappa shape index (κ2) is 6.04. The summed E-state index contributed by atoms with van der Waals surface area (Å²) >= 11 is 0. The molecule has 2 unspecified atom stereocenters. The van der Waals surface area contributed by atoms with Crippen LogP contribution in [0.15, 0.2) is 0 Å². The van der Waals surface area contributed by atoms with Gasteiger partial charge in [0.05, 0.1) is 11.5 Å². The summed E-state index contributed by atoms with van der Waals surface area (Å²) in [5, 5.41) is 14.1. The second-order valence-corrected chi connectivity index (χ2v) is 5.39. The molecular formula is C12H22N2O4. The number of carboxylic acid groups (broad SMARTS) is 1. The Bertz CT molecular complexity index is 317. The minimum Gasteiger partial charge on any atom is -0.481 e. The van der Waals surface area contributed by atoms with Crippen molar-refractivity contribution in [3.63, 3.8) is 0 Å². The van der Waals surface area contributed by atoms with Gasteiger partial charge in [0, 0.05) is 19.2 Å². The van der Waals surface area contributed by atoms with Crippen LogP contribution in [0.1, 0.15) is 33.6 Å². The maximum atomic E-state index is 11.6. The Balaban J connectivity index is 2.30. The van der Waals surface area contributed by atoms with E-state index in [0.717, 1.165) is 12.8 Å². The molecule has 0 radical (unpaired) electrons. The zero-order valence-electron chi connectivity index (χ0n) is 11.2. The molecule has 0 aromatic carbocycles. The van der Waals surface area contributed by atoms with Gasteiger partial charge in [0.1, 0.15) is 0 Å². The first-order chi connectivity index (χ1) is 8.30. The van der Waals surface area contributed by atoms with Crippen LogP contribution in [-0.2, 0) is 9.53 Å². The van der Waals surface area contributed by atoms with Crippen LogP contribution < -0.4 is 10.6 Å². The van der Waals surface area contributed by atoms with Gasteiger partial charge in [0.25, 0.3) is 0 Å². The highest BCUT2D eigenvalue weighted by Crippen LogP contribution is 2.23. The van der Waals surface area contributed by atoms with Crippen molar-refractivity contribution in [2.24, 2.45) is 5.92 Å². The van der Waals surface area contributed by atoms with E-state index in [4.69, 9.17) is 9.84 Å². The molecule has 0 aromatic heterocycles. The van der Waals surface area contributed by atoms with Crippen LogP contribution in [0.4, 0.5) is 4.79 Å². The molecular weight excluding hydrogens is 236 g/mol. The lowest BCUT2D eigenvalue weighted by molar-refractivity contribution is -0.140. The maximum Gasteiger partial charge on any atom is 0.315 e. The van der Waals surface area contributed by atoms with Gasteiger partial charge < -0.3 is 20.5 Å². The fourth-order valence-electron chi connectivity index (χ4n) is 1.92. The summed E-state index contributed by atoms with van der Waals surface area (Å²) in [6.07, 6.45) is 1.54. The first-order valence-electron chi connectivity index (χ1n) is 6.21. The number of carbonyl (C=O) groups excluding carboxylic acids is 1. The third-order valence-electron chi connectivity index (χ3n) is 3.02. The fourth-order valence-corrected chi connectivity index (χ4v) is 1.92. The van der Waals surface area contributed by atoms with Gasteiger partial charge in [-0.3, -0.25) is 4.79 Å². The summed E-state index contributed by atoms with van der Waals surface area (Å²) in [6.45, 7) is 6.30. The van der Waals surface area contributed by atoms with Gasteiger partial charge in [-0.05, 0) is 26.7 Å². The zero-order chi connectivity index (χ0) is 13.8. The van der Waals surface area contributed by atoms with Crippen molar-refractivity contribution in [1.29, 1.82) is 0 Å². The molecule has 1 heterocycles. The summed E-state index contributed by atoms with van der Waals surface area (Å²) in [4.78, 5) is 22.2. The van der Waals surface area contributed by atoms with Gasteiger partial charge in [-0.1, -0.05) is 6.92 Å². The van der Waals surface area contributed by atoms with Gasteiger partial charge in [-0.25, -0.2) is 4.79 Å². The first-order valence-corrected chi connectivity index (χ1v) is 6.21. The Morgan fingerprint density at radius 1 is 1.50 bits per heavy atom. The topological polar surface area (TPSA) is 87.7 Å². The number of nitrogens with one attached hydrogen (secondary N) is 2. The number of amides is 2. The van der Waals surface area contributed by atoms with Crippen molar-refractivity contribution in [2.45, 2.75) is 45.3 Å².